The molecule has 0 saturated carbocycles. The van der Waals surface area contributed by atoms with Gasteiger partial charge in [-0.25, -0.2) is 18.7 Å². The Morgan fingerprint density at radius 2 is 1.65 bits per heavy atom. The minimum absolute atomic E-state index is 0.000519. The Labute approximate surface area is 241 Å². The molecule has 2 heterocycles. The van der Waals surface area contributed by atoms with Gasteiger partial charge in [0.25, 0.3) is 0 Å². The summed E-state index contributed by atoms with van der Waals surface area (Å²) in [6.45, 7) is -0.442. The number of tetrazole rings is 1. The number of nitrogens with one attached hydrogen (secondary N) is 3. The predicted molar refractivity (Wildman–Crippen MR) is 150 cm³/mol. The van der Waals surface area contributed by atoms with Crippen molar-refractivity contribution in [1.29, 1.82) is 0 Å². The number of aromatic nitrogens is 5. The smallest absolute Gasteiger partial charge is 0.364 e. The highest BCUT2D eigenvalue weighted by molar-refractivity contribution is 6.02. The molecule has 0 saturated heterocycles. The first kappa shape index (κ1) is 29.1. The zero-order chi connectivity index (χ0) is 30.4. The molecule has 0 aliphatic rings. The molecule has 5 rings (SSSR count). The summed E-state index contributed by atoms with van der Waals surface area (Å²) in [6.07, 6.45) is -4.05. The molecule has 14 heteroatoms. The molecule has 43 heavy (non-hydrogen) atoms. The number of rotatable bonds is 9. The molecule has 0 fully saturated rings. The number of H-pyrrole nitrogens is 1. The lowest BCUT2D eigenvalue weighted by molar-refractivity contribution is -0.132. The summed E-state index contributed by atoms with van der Waals surface area (Å²) >= 11 is 0. The number of pyridine rings is 1. The predicted octanol–water partition coefficient (Wildman–Crippen LogP) is 6.81. The molecule has 2 aromatic heterocycles. The van der Waals surface area contributed by atoms with E-state index in [0.29, 0.717) is 34.3 Å². The van der Waals surface area contributed by atoms with E-state index in [1.165, 1.54) is 11.1 Å². The Hall–Kier alpha value is -5.40. The molecule has 0 spiro atoms. The van der Waals surface area contributed by atoms with Gasteiger partial charge < -0.3 is 15.5 Å². The molecular formula is C29H23F5N8O. The number of halogens is 5. The number of aromatic amines is 1. The van der Waals surface area contributed by atoms with Gasteiger partial charge >= 0.3 is 12.2 Å². The molecule has 0 atom stereocenters. The monoisotopic (exact) mass is 594 g/mol. The zero-order valence-corrected chi connectivity index (χ0v) is 22.2. The van der Waals surface area contributed by atoms with Gasteiger partial charge in [0.05, 0.1) is 35.7 Å². The van der Waals surface area contributed by atoms with Gasteiger partial charge in [0, 0.05) is 24.4 Å². The molecule has 3 N–H and O–H groups in total. The lowest BCUT2D eigenvalue weighted by Crippen LogP contribution is -2.30. The van der Waals surface area contributed by atoms with E-state index in [0.717, 1.165) is 12.1 Å². The van der Waals surface area contributed by atoms with Crippen molar-refractivity contribution < 1.29 is 26.7 Å². The van der Waals surface area contributed by atoms with Crippen molar-refractivity contribution in [3.63, 3.8) is 0 Å². The SMILES string of the molecule is O=C(Nc1ccc(F)cc1F)Nc1cc(-c2ccccc2-c2nnn[nH]2)ccc1N(CCC(F)(F)F)Cc1ccccn1. The third-order valence-electron chi connectivity index (χ3n) is 6.35. The fourth-order valence-electron chi connectivity index (χ4n) is 4.39. The van der Waals surface area contributed by atoms with Gasteiger partial charge in [-0.15, -0.1) is 5.10 Å². The lowest BCUT2D eigenvalue weighted by atomic mass is 9.98. The van der Waals surface area contributed by atoms with Crippen molar-refractivity contribution in [3.8, 4) is 22.5 Å². The number of amides is 2. The third kappa shape index (κ3) is 7.47. The van der Waals surface area contributed by atoms with Crippen LogP contribution in [-0.4, -0.2) is 44.4 Å². The standard InChI is InChI=1S/C29H23F5N8O/c30-19-9-10-24(23(31)16-19)36-28(43)37-25-15-18(21-6-1-2-7-22(21)27-38-40-41-39-27)8-11-26(25)42(14-12-29(32,33)34)17-20-5-3-4-13-35-20/h1-11,13,15-16H,12,14,17H2,(H2,36,37,43)(H,38,39,40,41). The zero-order valence-electron chi connectivity index (χ0n) is 22.2. The number of hydrogen-bond donors (Lipinski definition) is 3. The van der Waals surface area contributed by atoms with Crippen LogP contribution in [0.4, 0.5) is 43.8 Å². The highest BCUT2D eigenvalue weighted by Gasteiger charge is 2.29. The van der Waals surface area contributed by atoms with Crippen LogP contribution < -0.4 is 15.5 Å². The average molecular weight is 595 g/mol. The molecule has 3 aromatic carbocycles. The van der Waals surface area contributed by atoms with Crippen molar-refractivity contribution in [2.45, 2.75) is 19.1 Å². The second-order valence-corrected chi connectivity index (χ2v) is 9.34. The van der Waals surface area contributed by atoms with Crippen LogP contribution in [0.2, 0.25) is 0 Å². The minimum atomic E-state index is -4.45. The van der Waals surface area contributed by atoms with Gasteiger partial charge in [-0.05, 0) is 58.0 Å². The van der Waals surface area contributed by atoms with Crippen LogP contribution in [0, 0.1) is 11.6 Å². The van der Waals surface area contributed by atoms with Crippen LogP contribution in [0.15, 0.2) is 85.1 Å². The molecule has 220 valence electrons. The number of alkyl halides is 3. The van der Waals surface area contributed by atoms with E-state index in [1.54, 1.807) is 60.7 Å². The summed E-state index contributed by atoms with van der Waals surface area (Å²) < 4.78 is 67.7. The average Bonchev–Trinajstić information content (AvgIpc) is 3.52. The maximum atomic E-state index is 14.3. The van der Waals surface area contributed by atoms with Gasteiger partial charge in [0.2, 0.25) is 0 Å². The summed E-state index contributed by atoms with van der Waals surface area (Å²) in [7, 11) is 0. The lowest BCUT2D eigenvalue weighted by Gasteiger charge is -2.28. The second-order valence-electron chi connectivity index (χ2n) is 9.34. The topological polar surface area (TPSA) is 112 Å². The van der Waals surface area contributed by atoms with Crippen molar-refractivity contribution in [2.24, 2.45) is 0 Å². The first-order valence-corrected chi connectivity index (χ1v) is 12.9. The molecular weight excluding hydrogens is 571 g/mol. The van der Waals surface area contributed by atoms with Crippen molar-refractivity contribution >= 4 is 23.1 Å². The van der Waals surface area contributed by atoms with Gasteiger partial charge in [0.15, 0.2) is 5.82 Å². The van der Waals surface area contributed by atoms with Crippen LogP contribution in [0.1, 0.15) is 12.1 Å². The minimum Gasteiger partial charge on any atom is -0.364 e. The fourth-order valence-corrected chi connectivity index (χ4v) is 4.39. The van der Waals surface area contributed by atoms with Crippen LogP contribution in [0.3, 0.4) is 0 Å². The number of urea groups is 1. The Bertz CT molecular complexity index is 1700. The number of carbonyl (C=O) groups is 1. The van der Waals surface area contributed by atoms with Crippen LogP contribution in [0.25, 0.3) is 22.5 Å². The highest BCUT2D eigenvalue weighted by atomic mass is 19.4. The van der Waals surface area contributed by atoms with E-state index >= 15 is 0 Å². The van der Waals surface area contributed by atoms with Crippen LogP contribution in [-0.2, 0) is 6.54 Å². The summed E-state index contributed by atoms with van der Waals surface area (Å²) in [5.41, 5.74) is 2.46. The van der Waals surface area contributed by atoms with Gasteiger partial charge in [-0.2, -0.15) is 13.2 Å². The molecule has 0 radical (unpaired) electrons. The Morgan fingerprint density at radius 3 is 2.35 bits per heavy atom. The largest absolute Gasteiger partial charge is 0.390 e. The first-order chi connectivity index (χ1) is 20.7. The summed E-state index contributed by atoms with van der Waals surface area (Å²) in [5.74, 6) is -1.45. The number of benzene rings is 3. The Balaban J connectivity index is 1.56. The second kappa shape index (κ2) is 12.6. The van der Waals surface area contributed by atoms with Crippen molar-refractivity contribution in [1.82, 2.24) is 25.6 Å². The Morgan fingerprint density at radius 1 is 0.884 bits per heavy atom. The molecule has 5 aromatic rings. The van der Waals surface area contributed by atoms with E-state index in [9.17, 15) is 26.7 Å². The van der Waals surface area contributed by atoms with E-state index in [-0.39, 0.29) is 23.6 Å². The number of anilines is 3. The molecule has 0 aliphatic heterocycles. The summed E-state index contributed by atoms with van der Waals surface area (Å²) in [4.78, 5) is 18.7. The molecule has 0 unspecified atom stereocenters. The van der Waals surface area contributed by atoms with Gasteiger partial charge in [-0.1, -0.05) is 36.4 Å². The number of nitrogens with zero attached hydrogens (tertiary/aromatic N) is 5. The van der Waals surface area contributed by atoms with Gasteiger partial charge in [-0.3, -0.25) is 4.98 Å². The van der Waals surface area contributed by atoms with Gasteiger partial charge in [0.1, 0.15) is 11.6 Å². The molecule has 2 amide bonds. The van der Waals surface area contributed by atoms with Crippen LogP contribution >= 0.6 is 0 Å². The summed E-state index contributed by atoms with van der Waals surface area (Å²) in [5, 5.41) is 18.8. The van der Waals surface area contributed by atoms with E-state index in [2.05, 4.69) is 36.2 Å². The normalized spacial score (nSPS) is 11.3. The van der Waals surface area contributed by atoms with Crippen molar-refractivity contribution in [2.75, 3.05) is 22.1 Å². The van der Waals surface area contributed by atoms with E-state index in [1.807, 2.05) is 0 Å². The number of hydrogen-bond acceptors (Lipinski definition) is 6. The van der Waals surface area contributed by atoms with E-state index in [4.69, 9.17) is 0 Å². The Kier molecular flexibility index (Phi) is 8.55. The van der Waals surface area contributed by atoms with Crippen LogP contribution in [0.5, 0.6) is 0 Å². The number of carbonyl (C=O) groups excluding carboxylic acids is 1. The van der Waals surface area contributed by atoms with Crippen molar-refractivity contribution in [3.05, 3.63) is 102 Å². The highest BCUT2D eigenvalue weighted by Crippen LogP contribution is 2.37. The van der Waals surface area contributed by atoms with E-state index < -0.39 is 36.8 Å². The third-order valence-corrected chi connectivity index (χ3v) is 6.35. The maximum absolute atomic E-state index is 14.3. The molecule has 0 aliphatic carbocycles. The maximum Gasteiger partial charge on any atom is 0.390 e. The fraction of sp³-hybridized carbons (Fsp3) is 0.138. The summed E-state index contributed by atoms with van der Waals surface area (Å²) in [6, 6.07) is 18.8. The molecule has 0 bridgehead atoms. The quantitative estimate of drug-likeness (QED) is 0.162. The molecule has 9 nitrogen and oxygen atoms in total. The first-order valence-electron chi connectivity index (χ1n) is 12.9.